The van der Waals surface area contributed by atoms with Crippen LogP contribution in [0, 0.1) is 19.8 Å². The predicted molar refractivity (Wildman–Crippen MR) is 108 cm³/mol. The molecule has 2 rings (SSSR count). The number of halogens is 1. The van der Waals surface area contributed by atoms with Crippen molar-refractivity contribution < 1.29 is 14.3 Å². The van der Waals surface area contributed by atoms with E-state index in [9.17, 15) is 9.59 Å². The first-order chi connectivity index (χ1) is 12.9. The lowest BCUT2D eigenvalue weighted by Gasteiger charge is -2.25. The number of ether oxygens (including phenoxy) is 1. The quantitative estimate of drug-likeness (QED) is 0.736. The maximum Gasteiger partial charge on any atom is 0.260 e. The molecule has 2 amide bonds. The highest BCUT2D eigenvalue weighted by Gasteiger charge is 2.25. The molecule has 1 aliphatic heterocycles. The standard InChI is InChI=1S/C21H31ClN2O3/c1-5-17(6-2)21(26)24-9-7-8-23(10-11-24)19(25)14-27-18-12-15(3)20(22)16(4)13-18/h12-13,17H,5-11,14H2,1-4H3. The molecule has 1 aromatic rings. The second-order valence-corrected chi connectivity index (χ2v) is 7.61. The molecule has 6 heteroatoms. The highest BCUT2D eigenvalue weighted by atomic mass is 35.5. The summed E-state index contributed by atoms with van der Waals surface area (Å²) in [5.41, 5.74) is 1.87. The fourth-order valence-electron chi connectivity index (χ4n) is 3.51. The van der Waals surface area contributed by atoms with Crippen molar-refractivity contribution in [1.82, 2.24) is 9.80 Å². The van der Waals surface area contributed by atoms with Crippen molar-refractivity contribution in [2.45, 2.75) is 47.0 Å². The summed E-state index contributed by atoms with van der Waals surface area (Å²) in [6, 6.07) is 3.70. The van der Waals surface area contributed by atoms with Crippen LogP contribution >= 0.6 is 11.6 Å². The van der Waals surface area contributed by atoms with E-state index in [2.05, 4.69) is 13.8 Å². The molecule has 0 saturated carbocycles. The average Bonchev–Trinajstić information content (AvgIpc) is 2.91. The molecule has 0 radical (unpaired) electrons. The maximum atomic E-state index is 12.6. The Morgan fingerprint density at radius 1 is 1.04 bits per heavy atom. The van der Waals surface area contributed by atoms with Crippen LogP contribution in [-0.4, -0.2) is 54.4 Å². The van der Waals surface area contributed by atoms with Crippen molar-refractivity contribution >= 4 is 23.4 Å². The summed E-state index contributed by atoms with van der Waals surface area (Å²) in [5.74, 6) is 0.921. The van der Waals surface area contributed by atoms with Gasteiger partial charge in [0.25, 0.3) is 5.91 Å². The van der Waals surface area contributed by atoms with Crippen molar-refractivity contribution in [3.63, 3.8) is 0 Å². The molecule has 1 aromatic carbocycles. The number of rotatable bonds is 6. The first-order valence-electron chi connectivity index (χ1n) is 9.83. The van der Waals surface area contributed by atoms with Gasteiger partial charge in [-0.3, -0.25) is 9.59 Å². The van der Waals surface area contributed by atoms with Gasteiger partial charge < -0.3 is 14.5 Å². The van der Waals surface area contributed by atoms with Gasteiger partial charge in [-0.15, -0.1) is 0 Å². The van der Waals surface area contributed by atoms with Gasteiger partial charge in [0.2, 0.25) is 5.91 Å². The summed E-state index contributed by atoms with van der Waals surface area (Å²) in [6.07, 6.45) is 2.53. The van der Waals surface area contributed by atoms with Crippen molar-refractivity contribution in [3.8, 4) is 5.75 Å². The molecule has 0 aromatic heterocycles. The molecular weight excluding hydrogens is 364 g/mol. The van der Waals surface area contributed by atoms with E-state index in [1.165, 1.54) is 0 Å². The lowest BCUT2D eigenvalue weighted by atomic mass is 10.0. The molecule has 5 nitrogen and oxygen atoms in total. The number of aryl methyl sites for hydroxylation is 2. The third-order valence-corrected chi connectivity index (χ3v) is 5.86. The smallest absolute Gasteiger partial charge is 0.260 e. The molecule has 0 unspecified atom stereocenters. The van der Waals surface area contributed by atoms with Crippen LogP contribution in [0.25, 0.3) is 0 Å². The first kappa shape index (κ1) is 21.5. The lowest BCUT2D eigenvalue weighted by molar-refractivity contribution is -0.137. The minimum atomic E-state index is -0.0444. The van der Waals surface area contributed by atoms with Gasteiger partial charge in [-0.1, -0.05) is 25.4 Å². The van der Waals surface area contributed by atoms with Gasteiger partial charge in [-0.05, 0) is 56.4 Å². The van der Waals surface area contributed by atoms with E-state index >= 15 is 0 Å². The first-order valence-corrected chi connectivity index (χ1v) is 10.2. The summed E-state index contributed by atoms with van der Waals surface area (Å²) >= 11 is 6.17. The molecule has 1 fully saturated rings. The van der Waals surface area contributed by atoms with Gasteiger partial charge in [0.05, 0.1) is 0 Å². The number of carbonyl (C=O) groups is 2. The van der Waals surface area contributed by atoms with Crippen LogP contribution in [0.15, 0.2) is 12.1 Å². The van der Waals surface area contributed by atoms with Crippen LogP contribution in [0.4, 0.5) is 0 Å². The van der Waals surface area contributed by atoms with Crippen LogP contribution in [0.3, 0.4) is 0 Å². The van der Waals surface area contributed by atoms with Gasteiger partial charge in [0.1, 0.15) is 5.75 Å². The third-order valence-electron chi connectivity index (χ3n) is 5.27. The molecule has 27 heavy (non-hydrogen) atoms. The van der Waals surface area contributed by atoms with E-state index < -0.39 is 0 Å². The van der Waals surface area contributed by atoms with Crippen molar-refractivity contribution in [2.75, 3.05) is 32.8 Å². The van der Waals surface area contributed by atoms with Crippen LogP contribution in [-0.2, 0) is 9.59 Å². The fourth-order valence-corrected chi connectivity index (χ4v) is 3.62. The van der Waals surface area contributed by atoms with Gasteiger partial charge in [0.15, 0.2) is 6.61 Å². The number of benzene rings is 1. The number of amides is 2. The number of nitrogens with zero attached hydrogens (tertiary/aromatic N) is 2. The molecule has 0 atom stereocenters. The molecule has 0 aliphatic carbocycles. The number of carbonyl (C=O) groups excluding carboxylic acids is 2. The zero-order valence-electron chi connectivity index (χ0n) is 16.9. The molecule has 150 valence electrons. The summed E-state index contributed by atoms with van der Waals surface area (Å²) < 4.78 is 5.70. The van der Waals surface area contributed by atoms with Gasteiger partial charge in [-0.25, -0.2) is 0 Å². The van der Waals surface area contributed by atoms with Crippen molar-refractivity contribution in [2.24, 2.45) is 5.92 Å². The summed E-state index contributed by atoms with van der Waals surface area (Å²) in [5, 5.41) is 0.725. The SMILES string of the molecule is CCC(CC)C(=O)N1CCCN(C(=O)COc2cc(C)c(Cl)c(C)c2)CC1. The summed E-state index contributed by atoms with van der Waals surface area (Å²) in [7, 11) is 0. The van der Waals surface area contributed by atoms with Gasteiger partial charge >= 0.3 is 0 Å². The monoisotopic (exact) mass is 394 g/mol. The normalized spacial score (nSPS) is 15.0. The van der Waals surface area contributed by atoms with E-state index in [1.807, 2.05) is 30.9 Å². The van der Waals surface area contributed by atoms with Gasteiger partial charge in [-0.2, -0.15) is 0 Å². The number of hydrogen-bond acceptors (Lipinski definition) is 3. The minimum Gasteiger partial charge on any atom is -0.484 e. The largest absolute Gasteiger partial charge is 0.484 e. The highest BCUT2D eigenvalue weighted by molar-refractivity contribution is 6.32. The van der Waals surface area contributed by atoms with E-state index in [-0.39, 0.29) is 24.3 Å². The second-order valence-electron chi connectivity index (χ2n) is 7.23. The Morgan fingerprint density at radius 2 is 1.59 bits per heavy atom. The van der Waals surface area contributed by atoms with Crippen LogP contribution in [0.2, 0.25) is 5.02 Å². The Balaban J connectivity index is 1.90. The highest BCUT2D eigenvalue weighted by Crippen LogP contribution is 2.26. The lowest BCUT2D eigenvalue weighted by Crippen LogP contribution is -2.41. The summed E-state index contributed by atoms with van der Waals surface area (Å²) in [6.45, 7) is 10.5. The van der Waals surface area contributed by atoms with Gasteiger partial charge in [0, 0.05) is 37.1 Å². The molecule has 1 aliphatic rings. The summed E-state index contributed by atoms with van der Waals surface area (Å²) in [4.78, 5) is 28.8. The van der Waals surface area contributed by atoms with E-state index in [4.69, 9.17) is 16.3 Å². The molecule has 0 spiro atoms. The predicted octanol–water partition coefficient (Wildman–Crippen LogP) is 3.83. The Hall–Kier alpha value is -1.75. The van der Waals surface area contributed by atoms with Crippen LogP contribution in [0.5, 0.6) is 5.75 Å². The fraction of sp³-hybridized carbons (Fsp3) is 0.619. The van der Waals surface area contributed by atoms with E-state index in [1.54, 1.807) is 4.90 Å². The van der Waals surface area contributed by atoms with E-state index in [0.717, 1.165) is 42.0 Å². The molecule has 1 heterocycles. The average molecular weight is 395 g/mol. The minimum absolute atomic E-state index is 0.000996. The zero-order valence-corrected chi connectivity index (χ0v) is 17.6. The maximum absolute atomic E-state index is 12.6. The Kier molecular flexibility index (Phi) is 7.96. The third kappa shape index (κ3) is 5.61. The Bertz CT molecular complexity index is 650. The molecular formula is C21H31ClN2O3. The second kappa shape index (κ2) is 9.98. The Morgan fingerprint density at radius 3 is 2.19 bits per heavy atom. The van der Waals surface area contributed by atoms with Crippen LogP contribution < -0.4 is 4.74 Å². The molecule has 0 bridgehead atoms. The topological polar surface area (TPSA) is 49.9 Å². The molecule has 1 saturated heterocycles. The van der Waals surface area contributed by atoms with Crippen LogP contribution in [0.1, 0.15) is 44.2 Å². The van der Waals surface area contributed by atoms with Crippen molar-refractivity contribution in [1.29, 1.82) is 0 Å². The number of hydrogen-bond donors (Lipinski definition) is 0. The van der Waals surface area contributed by atoms with E-state index in [0.29, 0.717) is 25.4 Å². The zero-order chi connectivity index (χ0) is 20.0. The Labute approximate surface area is 167 Å². The van der Waals surface area contributed by atoms with Crippen molar-refractivity contribution in [3.05, 3.63) is 28.3 Å². The molecule has 0 N–H and O–H groups in total.